The molecule has 0 spiro atoms. The van der Waals surface area contributed by atoms with Crippen LogP contribution in [-0.4, -0.2) is 49.6 Å². The SMILES string of the molecule is CCCCCCCCCCCCCCN(CCC(=O)NCCCCCCCCCCCC)C1CCNCC1. The Morgan fingerprint density at radius 1 is 0.605 bits per heavy atom. The molecule has 1 heterocycles. The fourth-order valence-corrected chi connectivity index (χ4v) is 5.98. The molecule has 1 aliphatic rings. The van der Waals surface area contributed by atoms with Gasteiger partial charge in [-0.1, -0.05) is 142 Å². The second-order valence-corrected chi connectivity index (χ2v) is 12.2. The highest BCUT2D eigenvalue weighted by molar-refractivity contribution is 5.76. The molecule has 1 amide bonds. The highest BCUT2D eigenvalue weighted by Crippen LogP contribution is 2.16. The minimum Gasteiger partial charge on any atom is -0.356 e. The number of carbonyl (C=O) groups excluding carboxylic acids is 1. The van der Waals surface area contributed by atoms with E-state index >= 15 is 0 Å². The second kappa shape index (κ2) is 27.9. The molecule has 0 aliphatic carbocycles. The molecule has 0 aromatic carbocycles. The molecule has 0 unspecified atom stereocenters. The molecule has 2 N–H and O–H groups in total. The highest BCUT2D eigenvalue weighted by Gasteiger charge is 2.21. The first-order valence-electron chi connectivity index (χ1n) is 17.5. The molecule has 0 atom stereocenters. The van der Waals surface area contributed by atoms with Crippen LogP contribution in [0.1, 0.15) is 174 Å². The molecule has 4 nitrogen and oxygen atoms in total. The van der Waals surface area contributed by atoms with Crippen molar-refractivity contribution in [3.63, 3.8) is 0 Å². The van der Waals surface area contributed by atoms with Gasteiger partial charge in [0.2, 0.25) is 5.91 Å². The smallest absolute Gasteiger partial charge is 0.221 e. The lowest BCUT2D eigenvalue weighted by Crippen LogP contribution is -2.45. The summed E-state index contributed by atoms with van der Waals surface area (Å²) in [6, 6.07) is 0.665. The molecule has 0 radical (unpaired) electrons. The Morgan fingerprint density at radius 3 is 1.50 bits per heavy atom. The van der Waals surface area contributed by atoms with E-state index in [1.54, 1.807) is 0 Å². The summed E-state index contributed by atoms with van der Waals surface area (Å²) in [5.41, 5.74) is 0. The van der Waals surface area contributed by atoms with Gasteiger partial charge >= 0.3 is 0 Å². The van der Waals surface area contributed by atoms with E-state index in [0.29, 0.717) is 12.5 Å². The molecule has 226 valence electrons. The molecule has 0 aromatic heterocycles. The van der Waals surface area contributed by atoms with Gasteiger partial charge in [-0.3, -0.25) is 9.69 Å². The molecular formula is C34H69N3O. The first kappa shape index (κ1) is 35.4. The molecule has 38 heavy (non-hydrogen) atoms. The van der Waals surface area contributed by atoms with E-state index in [4.69, 9.17) is 0 Å². The number of hydrogen-bond donors (Lipinski definition) is 2. The Balaban J connectivity index is 2.06. The molecule has 0 bridgehead atoms. The number of piperidine rings is 1. The molecule has 1 aliphatic heterocycles. The summed E-state index contributed by atoms with van der Waals surface area (Å²) in [5, 5.41) is 6.71. The van der Waals surface area contributed by atoms with Crippen molar-refractivity contribution in [2.24, 2.45) is 0 Å². The predicted molar refractivity (Wildman–Crippen MR) is 168 cm³/mol. The summed E-state index contributed by atoms with van der Waals surface area (Å²) in [6.45, 7) is 9.81. The van der Waals surface area contributed by atoms with Gasteiger partial charge in [-0.05, 0) is 45.3 Å². The predicted octanol–water partition coefficient (Wildman–Crippen LogP) is 9.17. The zero-order valence-corrected chi connectivity index (χ0v) is 26.1. The van der Waals surface area contributed by atoms with Crippen molar-refractivity contribution in [3.05, 3.63) is 0 Å². The van der Waals surface area contributed by atoms with Crippen molar-refractivity contribution in [2.75, 3.05) is 32.7 Å². The largest absolute Gasteiger partial charge is 0.356 e. The van der Waals surface area contributed by atoms with Crippen LogP contribution >= 0.6 is 0 Å². The molecule has 0 aromatic rings. The lowest BCUT2D eigenvalue weighted by atomic mass is 10.0. The van der Waals surface area contributed by atoms with E-state index in [0.717, 1.165) is 32.6 Å². The van der Waals surface area contributed by atoms with Gasteiger partial charge in [0, 0.05) is 25.6 Å². The maximum Gasteiger partial charge on any atom is 0.221 e. The summed E-state index contributed by atoms with van der Waals surface area (Å²) >= 11 is 0. The molecule has 1 rings (SSSR count). The molecular weight excluding hydrogens is 466 g/mol. The van der Waals surface area contributed by atoms with Crippen molar-refractivity contribution in [1.29, 1.82) is 0 Å². The highest BCUT2D eigenvalue weighted by atomic mass is 16.1. The topological polar surface area (TPSA) is 44.4 Å². The van der Waals surface area contributed by atoms with E-state index in [2.05, 4.69) is 29.4 Å². The second-order valence-electron chi connectivity index (χ2n) is 12.2. The van der Waals surface area contributed by atoms with Crippen molar-refractivity contribution >= 4 is 5.91 Å². The van der Waals surface area contributed by atoms with Crippen molar-refractivity contribution in [1.82, 2.24) is 15.5 Å². The maximum atomic E-state index is 12.5. The van der Waals surface area contributed by atoms with E-state index < -0.39 is 0 Å². The van der Waals surface area contributed by atoms with Gasteiger partial charge in [0.05, 0.1) is 0 Å². The van der Waals surface area contributed by atoms with Crippen LogP contribution in [0.5, 0.6) is 0 Å². The summed E-state index contributed by atoms with van der Waals surface area (Å²) < 4.78 is 0. The Bertz CT molecular complexity index is 492. The monoisotopic (exact) mass is 536 g/mol. The third-order valence-electron chi connectivity index (χ3n) is 8.60. The Kier molecular flexibility index (Phi) is 26.0. The van der Waals surface area contributed by atoms with Gasteiger partial charge in [-0.15, -0.1) is 0 Å². The minimum atomic E-state index is 0.259. The fourth-order valence-electron chi connectivity index (χ4n) is 5.98. The van der Waals surface area contributed by atoms with E-state index in [9.17, 15) is 4.79 Å². The number of nitrogens with one attached hydrogen (secondary N) is 2. The van der Waals surface area contributed by atoms with Crippen LogP contribution in [0.3, 0.4) is 0 Å². The van der Waals surface area contributed by atoms with Crippen LogP contribution < -0.4 is 10.6 Å². The maximum absolute atomic E-state index is 12.5. The van der Waals surface area contributed by atoms with Crippen LogP contribution in [-0.2, 0) is 4.79 Å². The Hall–Kier alpha value is -0.610. The van der Waals surface area contributed by atoms with E-state index in [-0.39, 0.29) is 5.91 Å². The normalized spacial score (nSPS) is 14.4. The zero-order chi connectivity index (χ0) is 27.4. The van der Waals surface area contributed by atoms with Gasteiger partial charge in [-0.25, -0.2) is 0 Å². The lowest BCUT2D eigenvalue weighted by molar-refractivity contribution is -0.121. The van der Waals surface area contributed by atoms with Gasteiger partial charge in [-0.2, -0.15) is 0 Å². The van der Waals surface area contributed by atoms with Gasteiger partial charge in [0.1, 0.15) is 0 Å². The zero-order valence-electron chi connectivity index (χ0n) is 26.1. The number of hydrogen-bond acceptors (Lipinski definition) is 3. The Morgan fingerprint density at radius 2 is 1.03 bits per heavy atom. The van der Waals surface area contributed by atoms with E-state index in [1.165, 1.54) is 154 Å². The molecule has 0 saturated carbocycles. The van der Waals surface area contributed by atoms with Crippen molar-refractivity contribution < 1.29 is 4.79 Å². The number of rotatable bonds is 28. The third-order valence-corrected chi connectivity index (χ3v) is 8.60. The average Bonchev–Trinajstić information content (AvgIpc) is 2.94. The molecule has 1 saturated heterocycles. The minimum absolute atomic E-state index is 0.259. The van der Waals surface area contributed by atoms with Crippen LogP contribution in [0.15, 0.2) is 0 Å². The first-order valence-corrected chi connectivity index (χ1v) is 17.5. The third kappa shape index (κ3) is 22.2. The fraction of sp³-hybridized carbons (Fsp3) is 0.971. The van der Waals surface area contributed by atoms with Crippen LogP contribution in [0.4, 0.5) is 0 Å². The van der Waals surface area contributed by atoms with Gasteiger partial charge in [0.25, 0.3) is 0 Å². The molecule has 4 heteroatoms. The van der Waals surface area contributed by atoms with Crippen LogP contribution in [0, 0.1) is 0 Å². The number of unbranched alkanes of at least 4 members (excludes halogenated alkanes) is 20. The first-order chi connectivity index (χ1) is 18.8. The summed E-state index contributed by atoms with van der Waals surface area (Å²) in [5.74, 6) is 0.259. The number of amides is 1. The Labute approximate surface area is 239 Å². The summed E-state index contributed by atoms with van der Waals surface area (Å²) in [6.07, 6.45) is 33.4. The quantitative estimate of drug-likeness (QED) is 0.0981. The summed E-state index contributed by atoms with van der Waals surface area (Å²) in [7, 11) is 0. The van der Waals surface area contributed by atoms with Gasteiger partial charge < -0.3 is 10.6 Å². The lowest BCUT2D eigenvalue weighted by Gasteiger charge is -2.34. The van der Waals surface area contributed by atoms with Gasteiger partial charge in [0.15, 0.2) is 0 Å². The number of carbonyl (C=O) groups is 1. The summed E-state index contributed by atoms with van der Waals surface area (Å²) in [4.78, 5) is 15.2. The molecule has 1 fully saturated rings. The van der Waals surface area contributed by atoms with Crippen molar-refractivity contribution in [3.8, 4) is 0 Å². The van der Waals surface area contributed by atoms with Crippen LogP contribution in [0.2, 0.25) is 0 Å². The van der Waals surface area contributed by atoms with Crippen LogP contribution in [0.25, 0.3) is 0 Å². The number of nitrogens with zero attached hydrogens (tertiary/aromatic N) is 1. The van der Waals surface area contributed by atoms with E-state index in [1.807, 2.05) is 0 Å². The standard InChI is InChI=1S/C34H69N3O/c1-3-5-7-9-11-13-15-16-18-20-22-24-31-37(33-25-29-35-30-26-33)32-27-34(38)36-28-23-21-19-17-14-12-10-8-6-4-2/h33,35H,3-32H2,1-2H3,(H,36,38). The van der Waals surface area contributed by atoms with Crippen molar-refractivity contribution in [2.45, 2.75) is 180 Å². The average molecular weight is 536 g/mol.